The molecule has 1 aromatic carbocycles. The molecule has 0 amide bonds. The number of ether oxygens (including phenoxy) is 1. The Morgan fingerprint density at radius 1 is 1.47 bits per heavy atom. The topological polar surface area (TPSA) is 33.0 Å². The number of nitrogens with zero attached hydrogens (tertiary/aromatic N) is 1. The molecular weight excluding hydrogens is 241 g/mol. The summed E-state index contributed by atoms with van der Waals surface area (Å²) in [7, 11) is 0. The molecule has 1 aliphatic heterocycles. The van der Waals surface area contributed by atoms with Gasteiger partial charge >= 0.3 is 0 Å². The van der Waals surface area contributed by atoms with Crippen LogP contribution in [0.25, 0.3) is 0 Å². The molecule has 2 rings (SSSR count). The van der Waals surface area contributed by atoms with Gasteiger partial charge in [-0.05, 0) is 31.5 Å². The summed E-state index contributed by atoms with van der Waals surface area (Å²) in [6, 6.07) is 6.92. The van der Waals surface area contributed by atoms with Gasteiger partial charge in [0.1, 0.15) is 5.82 Å². The van der Waals surface area contributed by atoms with Crippen molar-refractivity contribution in [1.82, 2.24) is 0 Å². The molecular formula is C13H13ClFNO. The van der Waals surface area contributed by atoms with E-state index < -0.39 is 11.2 Å². The van der Waals surface area contributed by atoms with Crippen LogP contribution in [-0.2, 0) is 10.2 Å². The number of rotatable bonds is 2. The minimum Gasteiger partial charge on any atom is -0.379 e. The molecule has 2 nitrogen and oxygen atoms in total. The molecule has 1 saturated heterocycles. The van der Waals surface area contributed by atoms with E-state index in [1.807, 2.05) is 13.8 Å². The van der Waals surface area contributed by atoms with Crippen LogP contribution in [0, 0.1) is 22.6 Å². The third-order valence-corrected chi connectivity index (χ3v) is 3.93. The van der Waals surface area contributed by atoms with Crippen LogP contribution in [0.2, 0.25) is 5.02 Å². The zero-order valence-electron chi connectivity index (χ0n) is 9.76. The highest BCUT2D eigenvalue weighted by atomic mass is 35.5. The molecule has 0 N–H and O–H groups in total. The second-order valence-corrected chi connectivity index (χ2v) is 5.35. The van der Waals surface area contributed by atoms with E-state index in [9.17, 15) is 9.65 Å². The first-order valence-corrected chi connectivity index (χ1v) is 5.75. The van der Waals surface area contributed by atoms with Crippen LogP contribution < -0.4 is 0 Å². The van der Waals surface area contributed by atoms with Crippen molar-refractivity contribution in [2.24, 2.45) is 5.41 Å². The smallest absolute Gasteiger partial charge is 0.141 e. The van der Waals surface area contributed by atoms with Gasteiger partial charge in [-0.1, -0.05) is 17.7 Å². The van der Waals surface area contributed by atoms with Gasteiger partial charge in [0, 0.05) is 0 Å². The highest BCUT2D eigenvalue weighted by molar-refractivity contribution is 6.30. The average molecular weight is 254 g/mol. The van der Waals surface area contributed by atoms with Crippen LogP contribution in [-0.4, -0.2) is 13.2 Å². The molecule has 0 saturated carbocycles. The lowest BCUT2D eigenvalue weighted by Gasteiger charge is -2.49. The molecule has 0 aromatic heterocycles. The highest BCUT2D eigenvalue weighted by Crippen LogP contribution is 2.47. The Hall–Kier alpha value is -1.11. The van der Waals surface area contributed by atoms with Gasteiger partial charge < -0.3 is 4.74 Å². The lowest BCUT2D eigenvalue weighted by atomic mass is 9.61. The predicted octanol–water partition coefficient (Wildman–Crippen LogP) is 3.30. The molecule has 4 heteroatoms. The maximum Gasteiger partial charge on any atom is 0.141 e. The van der Waals surface area contributed by atoms with E-state index in [4.69, 9.17) is 16.3 Å². The van der Waals surface area contributed by atoms with Crippen LogP contribution in [0.15, 0.2) is 18.2 Å². The Balaban J connectivity index is 2.50. The third-order valence-electron chi connectivity index (χ3n) is 3.65. The lowest BCUT2D eigenvalue weighted by molar-refractivity contribution is -0.102. The second kappa shape index (κ2) is 3.97. The van der Waals surface area contributed by atoms with E-state index in [1.165, 1.54) is 6.07 Å². The van der Waals surface area contributed by atoms with Crippen molar-refractivity contribution in [1.29, 1.82) is 5.26 Å². The van der Waals surface area contributed by atoms with E-state index in [2.05, 4.69) is 6.07 Å². The highest BCUT2D eigenvalue weighted by Gasteiger charge is 2.52. The molecule has 1 fully saturated rings. The van der Waals surface area contributed by atoms with Crippen LogP contribution in [0.5, 0.6) is 0 Å². The van der Waals surface area contributed by atoms with Crippen molar-refractivity contribution in [3.63, 3.8) is 0 Å². The average Bonchev–Trinajstić information content (AvgIpc) is 2.21. The van der Waals surface area contributed by atoms with Crippen molar-refractivity contribution in [3.8, 4) is 6.07 Å². The first-order chi connectivity index (χ1) is 7.93. The summed E-state index contributed by atoms with van der Waals surface area (Å²) in [5.41, 5.74) is -0.104. The van der Waals surface area contributed by atoms with Gasteiger partial charge in [-0.3, -0.25) is 0 Å². The monoisotopic (exact) mass is 253 g/mol. The predicted molar refractivity (Wildman–Crippen MR) is 63.3 cm³/mol. The van der Waals surface area contributed by atoms with Gasteiger partial charge in [0.05, 0.1) is 35.1 Å². The first kappa shape index (κ1) is 12.3. The fraction of sp³-hybridized carbons (Fsp3) is 0.462. The summed E-state index contributed by atoms with van der Waals surface area (Å²) in [5.74, 6) is -0.444. The summed E-state index contributed by atoms with van der Waals surface area (Å²) in [4.78, 5) is 0. The number of benzene rings is 1. The summed E-state index contributed by atoms with van der Waals surface area (Å²) in [6.07, 6.45) is 0. The normalized spacial score (nSPS) is 18.3. The zero-order chi connectivity index (χ0) is 12.7. The van der Waals surface area contributed by atoms with E-state index in [1.54, 1.807) is 12.1 Å². The van der Waals surface area contributed by atoms with Crippen LogP contribution in [0.3, 0.4) is 0 Å². The standard InChI is InChI=1S/C13H13ClFNO/c1-12(2,6-16)13(7-17-8-13)9-3-4-11(15)10(14)5-9/h3-5H,7-8H2,1-2H3. The number of hydrogen-bond donors (Lipinski definition) is 0. The quantitative estimate of drug-likeness (QED) is 0.810. The largest absolute Gasteiger partial charge is 0.379 e. The fourth-order valence-corrected chi connectivity index (χ4v) is 2.28. The SMILES string of the molecule is CC(C)(C#N)C1(c2ccc(F)c(Cl)c2)COC1. The Bertz CT molecular complexity index is 489. The lowest BCUT2D eigenvalue weighted by Crippen LogP contribution is -2.56. The number of halogens is 2. The van der Waals surface area contributed by atoms with Gasteiger partial charge in [0.2, 0.25) is 0 Å². The minimum atomic E-state index is -0.577. The third kappa shape index (κ3) is 1.72. The van der Waals surface area contributed by atoms with E-state index >= 15 is 0 Å². The Labute approximate surface area is 105 Å². The molecule has 0 aliphatic carbocycles. The minimum absolute atomic E-state index is 0.0857. The molecule has 0 unspecified atom stereocenters. The maximum atomic E-state index is 13.2. The van der Waals surface area contributed by atoms with Crippen molar-refractivity contribution in [2.75, 3.05) is 13.2 Å². The molecule has 90 valence electrons. The Kier molecular flexibility index (Phi) is 2.89. The van der Waals surface area contributed by atoms with Crippen molar-refractivity contribution < 1.29 is 9.13 Å². The summed E-state index contributed by atoms with van der Waals surface area (Å²) in [5, 5.41) is 9.35. The molecule has 1 aromatic rings. The molecule has 1 heterocycles. The van der Waals surface area contributed by atoms with Crippen LogP contribution >= 0.6 is 11.6 Å². The molecule has 0 spiro atoms. The Morgan fingerprint density at radius 3 is 2.53 bits per heavy atom. The van der Waals surface area contributed by atoms with Gasteiger partial charge in [0.15, 0.2) is 0 Å². The fourth-order valence-electron chi connectivity index (χ4n) is 2.10. The summed E-state index contributed by atoms with van der Waals surface area (Å²) in [6.45, 7) is 4.67. The summed E-state index contributed by atoms with van der Waals surface area (Å²) >= 11 is 5.80. The molecule has 0 bridgehead atoms. The second-order valence-electron chi connectivity index (χ2n) is 4.94. The van der Waals surface area contributed by atoms with Crippen molar-refractivity contribution in [2.45, 2.75) is 19.3 Å². The van der Waals surface area contributed by atoms with Crippen LogP contribution in [0.4, 0.5) is 4.39 Å². The first-order valence-electron chi connectivity index (χ1n) is 5.37. The van der Waals surface area contributed by atoms with Gasteiger partial charge in [-0.15, -0.1) is 0 Å². The van der Waals surface area contributed by atoms with Gasteiger partial charge in [0.25, 0.3) is 0 Å². The summed E-state index contributed by atoms with van der Waals surface area (Å²) < 4.78 is 18.4. The van der Waals surface area contributed by atoms with Crippen molar-refractivity contribution in [3.05, 3.63) is 34.6 Å². The van der Waals surface area contributed by atoms with Gasteiger partial charge in [-0.25, -0.2) is 4.39 Å². The zero-order valence-corrected chi connectivity index (χ0v) is 10.5. The molecule has 0 atom stereocenters. The maximum absolute atomic E-state index is 13.2. The number of nitriles is 1. The molecule has 1 aliphatic rings. The van der Waals surface area contributed by atoms with E-state index in [-0.39, 0.29) is 10.4 Å². The Morgan fingerprint density at radius 2 is 2.12 bits per heavy atom. The van der Waals surface area contributed by atoms with E-state index in [0.717, 1.165) is 5.56 Å². The molecule has 17 heavy (non-hydrogen) atoms. The van der Waals surface area contributed by atoms with E-state index in [0.29, 0.717) is 13.2 Å². The number of hydrogen-bond acceptors (Lipinski definition) is 2. The molecule has 0 radical (unpaired) electrons. The van der Waals surface area contributed by atoms with Crippen LogP contribution in [0.1, 0.15) is 19.4 Å². The van der Waals surface area contributed by atoms with Crippen molar-refractivity contribution >= 4 is 11.6 Å². The van der Waals surface area contributed by atoms with Gasteiger partial charge in [-0.2, -0.15) is 5.26 Å².